The quantitative estimate of drug-likeness (QED) is 0.426. The minimum atomic E-state index is -0.204. The molecule has 2 unspecified atom stereocenters. The van der Waals surface area contributed by atoms with Crippen molar-refractivity contribution < 1.29 is 4.79 Å². The molecule has 12 heavy (non-hydrogen) atoms. The van der Waals surface area contributed by atoms with Crippen molar-refractivity contribution >= 4 is 5.91 Å². The lowest BCUT2D eigenvalue weighted by atomic mass is 9.92. The molecule has 0 aromatic heterocycles. The summed E-state index contributed by atoms with van der Waals surface area (Å²) in [6, 6.07) is -0.182. The largest absolute Gasteiger partial charge is 0.306 e. The van der Waals surface area contributed by atoms with Crippen LogP contribution in [0.25, 0.3) is 0 Å². The average Bonchev–Trinajstić information content (AvgIpc) is 2.05. The van der Waals surface area contributed by atoms with Crippen molar-refractivity contribution in [1.29, 1.82) is 5.26 Å². The molecule has 1 amide bonds. The maximum absolute atomic E-state index is 11.2. The Morgan fingerprint density at radius 1 is 1.75 bits per heavy atom. The van der Waals surface area contributed by atoms with Gasteiger partial charge in [-0.2, -0.15) is 5.26 Å². The van der Waals surface area contributed by atoms with Gasteiger partial charge in [-0.3, -0.25) is 10.1 Å². The van der Waals surface area contributed by atoms with Crippen molar-refractivity contribution in [2.75, 3.05) is 6.54 Å². The molecule has 2 N–H and O–H groups in total. The van der Waals surface area contributed by atoms with E-state index in [0.717, 1.165) is 19.4 Å². The summed E-state index contributed by atoms with van der Waals surface area (Å²) in [7, 11) is 0. The van der Waals surface area contributed by atoms with Gasteiger partial charge in [0, 0.05) is 0 Å². The van der Waals surface area contributed by atoms with Gasteiger partial charge in [-0.1, -0.05) is 6.92 Å². The van der Waals surface area contributed by atoms with Crippen LogP contribution >= 0.6 is 0 Å². The zero-order valence-electron chi connectivity index (χ0n) is 7.13. The smallest absolute Gasteiger partial charge is 0.250 e. The first kappa shape index (κ1) is 9.01. The molecular formula is C8H13N3O. The lowest BCUT2D eigenvalue weighted by Gasteiger charge is -2.27. The van der Waals surface area contributed by atoms with Gasteiger partial charge in [0.15, 0.2) is 6.19 Å². The van der Waals surface area contributed by atoms with Gasteiger partial charge in [0.2, 0.25) is 5.91 Å². The SMILES string of the molecule is CC1CCCNC1C(=O)NC#N. The lowest BCUT2D eigenvalue weighted by molar-refractivity contribution is -0.123. The molecule has 0 aromatic rings. The minimum absolute atomic E-state index is 0.182. The molecule has 1 saturated heterocycles. The normalized spacial score (nSPS) is 29.0. The van der Waals surface area contributed by atoms with Gasteiger partial charge in [0.1, 0.15) is 0 Å². The van der Waals surface area contributed by atoms with E-state index in [9.17, 15) is 4.79 Å². The fraction of sp³-hybridized carbons (Fsp3) is 0.750. The van der Waals surface area contributed by atoms with E-state index in [4.69, 9.17) is 5.26 Å². The Labute approximate surface area is 71.9 Å². The van der Waals surface area contributed by atoms with E-state index in [1.165, 1.54) is 0 Å². The highest BCUT2D eigenvalue weighted by Gasteiger charge is 2.26. The fourth-order valence-corrected chi connectivity index (χ4v) is 1.53. The number of carbonyl (C=O) groups is 1. The summed E-state index contributed by atoms with van der Waals surface area (Å²) in [6.45, 7) is 2.89. The molecule has 1 aliphatic rings. The zero-order chi connectivity index (χ0) is 8.97. The summed E-state index contributed by atoms with van der Waals surface area (Å²) in [5.74, 6) is 0.122. The Bertz CT molecular complexity index is 209. The second kappa shape index (κ2) is 4.07. The first-order valence-corrected chi connectivity index (χ1v) is 4.18. The van der Waals surface area contributed by atoms with Gasteiger partial charge in [-0.15, -0.1) is 0 Å². The van der Waals surface area contributed by atoms with Crippen LogP contribution in [0.1, 0.15) is 19.8 Å². The van der Waals surface area contributed by atoms with Gasteiger partial charge in [0.25, 0.3) is 0 Å². The molecule has 0 bridgehead atoms. The van der Waals surface area contributed by atoms with Gasteiger partial charge in [-0.25, -0.2) is 0 Å². The summed E-state index contributed by atoms with van der Waals surface area (Å²) in [6.07, 6.45) is 3.81. The molecule has 1 fully saturated rings. The molecule has 4 heteroatoms. The number of nitrogens with zero attached hydrogens (tertiary/aromatic N) is 1. The number of piperidine rings is 1. The van der Waals surface area contributed by atoms with Gasteiger partial charge >= 0.3 is 0 Å². The molecule has 0 spiro atoms. The Balaban J connectivity index is 2.49. The molecule has 1 heterocycles. The maximum atomic E-state index is 11.2. The van der Waals surface area contributed by atoms with Crippen molar-refractivity contribution in [1.82, 2.24) is 10.6 Å². The topological polar surface area (TPSA) is 64.9 Å². The highest BCUT2D eigenvalue weighted by atomic mass is 16.2. The van der Waals surface area contributed by atoms with Crippen molar-refractivity contribution in [3.63, 3.8) is 0 Å². The first-order valence-electron chi connectivity index (χ1n) is 4.18. The van der Waals surface area contributed by atoms with E-state index < -0.39 is 0 Å². The average molecular weight is 167 g/mol. The van der Waals surface area contributed by atoms with Crippen LogP contribution in [0, 0.1) is 17.4 Å². The predicted molar refractivity (Wildman–Crippen MR) is 43.9 cm³/mol. The van der Waals surface area contributed by atoms with Crippen molar-refractivity contribution in [2.24, 2.45) is 5.92 Å². The highest BCUT2D eigenvalue weighted by molar-refractivity contribution is 5.83. The molecular weight excluding hydrogens is 154 g/mol. The maximum Gasteiger partial charge on any atom is 0.250 e. The summed E-state index contributed by atoms with van der Waals surface area (Å²) in [5.41, 5.74) is 0. The second-order valence-electron chi connectivity index (χ2n) is 3.15. The Hall–Kier alpha value is -1.08. The van der Waals surface area contributed by atoms with E-state index >= 15 is 0 Å². The molecule has 0 radical (unpaired) electrons. The number of amides is 1. The summed E-state index contributed by atoms with van der Waals surface area (Å²) in [5, 5.41) is 13.5. The Morgan fingerprint density at radius 2 is 2.50 bits per heavy atom. The Morgan fingerprint density at radius 3 is 3.08 bits per heavy atom. The van der Waals surface area contributed by atoms with E-state index in [1.54, 1.807) is 6.19 Å². The first-order chi connectivity index (χ1) is 5.75. The van der Waals surface area contributed by atoms with Crippen molar-refractivity contribution in [3.05, 3.63) is 0 Å². The van der Waals surface area contributed by atoms with Crippen LogP contribution in [-0.2, 0) is 4.79 Å². The van der Waals surface area contributed by atoms with Crippen LogP contribution in [0.4, 0.5) is 0 Å². The van der Waals surface area contributed by atoms with Crippen LogP contribution in [0.3, 0.4) is 0 Å². The van der Waals surface area contributed by atoms with Gasteiger partial charge in [0.05, 0.1) is 6.04 Å². The number of hydrogen-bond acceptors (Lipinski definition) is 3. The third-order valence-corrected chi connectivity index (χ3v) is 2.23. The van der Waals surface area contributed by atoms with Crippen LogP contribution in [-0.4, -0.2) is 18.5 Å². The van der Waals surface area contributed by atoms with E-state index in [0.29, 0.717) is 5.92 Å². The molecule has 0 saturated carbocycles. The third kappa shape index (κ3) is 1.95. The summed E-state index contributed by atoms with van der Waals surface area (Å²) < 4.78 is 0. The van der Waals surface area contributed by atoms with Gasteiger partial charge < -0.3 is 5.32 Å². The molecule has 0 aliphatic carbocycles. The number of carbonyl (C=O) groups excluding carboxylic acids is 1. The fourth-order valence-electron chi connectivity index (χ4n) is 1.53. The number of nitriles is 1. The highest BCUT2D eigenvalue weighted by Crippen LogP contribution is 2.15. The molecule has 1 rings (SSSR count). The lowest BCUT2D eigenvalue weighted by Crippen LogP contribution is -2.49. The van der Waals surface area contributed by atoms with E-state index in [1.807, 2.05) is 6.92 Å². The standard InChI is InChI=1S/C8H13N3O/c1-6-3-2-4-10-7(6)8(12)11-5-9/h6-7,10H,2-4H2,1H3,(H,11,12). The molecule has 0 aromatic carbocycles. The number of hydrogen-bond donors (Lipinski definition) is 2. The predicted octanol–water partition coefficient (Wildman–Crippen LogP) is -0.0282. The molecule has 66 valence electrons. The Kier molecular flexibility index (Phi) is 3.06. The zero-order valence-corrected chi connectivity index (χ0v) is 7.13. The molecule has 2 atom stereocenters. The van der Waals surface area contributed by atoms with Crippen molar-refractivity contribution in [3.8, 4) is 6.19 Å². The minimum Gasteiger partial charge on any atom is -0.306 e. The van der Waals surface area contributed by atoms with Crippen molar-refractivity contribution in [2.45, 2.75) is 25.8 Å². The molecule has 1 aliphatic heterocycles. The van der Waals surface area contributed by atoms with E-state index in [-0.39, 0.29) is 11.9 Å². The van der Waals surface area contributed by atoms with Crippen LogP contribution in [0.15, 0.2) is 0 Å². The number of rotatable bonds is 1. The van der Waals surface area contributed by atoms with E-state index in [2.05, 4.69) is 10.6 Å². The van der Waals surface area contributed by atoms with Crippen LogP contribution in [0.2, 0.25) is 0 Å². The molecule has 4 nitrogen and oxygen atoms in total. The second-order valence-corrected chi connectivity index (χ2v) is 3.15. The van der Waals surface area contributed by atoms with Gasteiger partial charge in [-0.05, 0) is 25.3 Å². The van der Waals surface area contributed by atoms with Crippen LogP contribution < -0.4 is 10.6 Å². The van der Waals surface area contributed by atoms with Crippen LogP contribution in [0.5, 0.6) is 0 Å². The third-order valence-electron chi connectivity index (χ3n) is 2.23. The number of nitrogens with one attached hydrogen (secondary N) is 2. The summed E-state index contributed by atoms with van der Waals surface area (Å²) in [4.78, 5) is 11.2. The summed E-state index contributed by atoms with van der Waals surface area (Å²) >= 11 is 0. The monoisotopic (exact) mass is 167 g/mol.